The second-order valence-electron chi connectivity index (χ2n) is 31.7. The van der Waals surface area contributed by atoms with E-state index in [1.165, 1.54) is 39.9 Å². The number of rotatable bonds is 36. The number of ether oxygens (including phenoxy) is 2. The number of anilines is 2. The Bertz CT molecular complexity index is 4770. The molecule has 1 aliphatic carbocycles. The Labute approximate surface area is 690 Å². The fraction of sp³-hybridized carbons (Fsp3) is 0.494. The van der Waals surface area contributed by atoms with Crippen molar-refractivity contribution in [2.75, 3.05) is 101 Å². The summed E-state index contributed by atoms with van der Waals surface area (Å²) in [5.41, 5.74) is 2.53. The number of β-amino-alcohol motifs (C(OH)–C–C–N with tert-alkyl or cyclic N) is 1. The fourth-order valence-corrected chi connectivity index (χ4v) is 18.9. The Morgan fingerprint density at radius 2 is 1.53 bits per heavy atom. The lowest BCUT2D eigenvalue weighted by atomic mass is 9.71. The van der Waals surface area contributed by atoms with Gasteiger partial charge in [0.05, 0.1) is 64.8 Å². The number of likely N-dealkylation sites (tertiary alicyclic amines) is 1. The number of carbonyl (C=O) groups is 5. The number of carbonyl (C=O) groups excluding carboxylic acids is 5. The molecule has 4 aliphatic rings. The first-order chi connectivity index (χ1) is 55.3. The summed E-state index contributed by atoms with van der Waals surface area (Å²) in [5.74, 6) is -1.87. The van der Waals surface area contributed by atoms with E-state index < -0.39 is 82.3 Å². The Balaban J connectivity index is 0.596. The number of morpholine rings is 1. The van der Waals surface area contributed by atoms with Gasteiger partial charge in [0.15, 0.2) is 0 Å². The van der Waals surface area contributed by atoms with Gasteiger partial charge in [0.2, 0.25) is 23.6 Å². The highest BCUT2D eigenvalue weighted by molar-refractivity contribution is 7.99. The predicted molar refractivity (Wildman–Crippen MR) is 443 cm³/mol. The number of alkyl halides is 3. The highest BCUT2D eigenvalue weighted by Gasteiger charge is 2.49. The molecule has 3 saturated heterocycles. The molecule has 0 spiro atoms. The number of nitrogens with zero attached hydrogens (tertiary/aromatic N) is 8. The Morgan fingerprint density at radius 1 is 0.819 bits per heavy atom. The summed E-state index contributed by atoms with van der Waals surface area (Å²) < 4.78 is 112. The molecule has 116 heavy (non-hydrogen) atoms. The SMILES string of the molecule is Cc1ncsc1-c1ccc([C@H](C)NC(=O)[C@@H]2C[C@@H](O)CN2C(=O)[C@@H](NC(=O)CCCCCOCc2cn(CCCC(=O)NCC3(C)CCC(c4ccc(Cl)cc4)=C(CN4CCN(c5ccc(C(=O)NS(=O)(=O)c6ccc(N[C@H](CCN7CCOCC7)CSc7ccccc7)c(S(=O)(=O)C(F)(F)F)c6)cc5)CC4)C3)nn2)C(C)(C)C)cc1. The molecule has 7 aromatic rings. The smallest absolute Gasteiger partial charge is 0.391 e. The molecule has 33 heteroatoms. The summed E-state index contributed by atoms with van der Waals surface area (Å²) in [6.07, 6.45) is 6.76. The van der Waals surface area contributed by atoms with Gasteiger partial charge in [0.1, 0.15) is 22.7 Å². The number of hydrogen-bond acceptors (Lipinski definition) is 21. The number of sulfonamides is 1. The Kier molecular flexibility index (Phi) is 30.5. The van der Waals surface area contributed by atoms with E-state index in [-0.39, 0.29) is 67.2 Å². The maximum atomic E-state index is 14.4. The van der Waals surface area contributed by atoms with Gasteiger partial charge in [0, 0.05) is 131 Å². The minimum Gasteiger partial charge on any atom is -0.391 e. The lowest BCUT2D eigenvalue weighted by Crippen LogP contribution is -2.57. The van der Waals surface area contributed by atoms with Crippen molar-refractivity contribution >= 4 is 101 Å². The third-order valence-corrected chi connectivity index (χ3v) is 26.9. The van der Waals surface area contributed by atoms with E-state index in [0.29, 0.717) is 140 Å². The van der Waals surface area contributed by atoms with Crippen LogP contribution >= 0.6 is 34.7 Å². The van der Waals surface area contributed by atoms with Crippen LogP contribution < -0.4 is 30.9 Å². The van der Waals surface area contributed by atoms with E-state index in [1.54, 1.807) is 34.3 Å². The molecule has 0 radical (unpaired) electrons. The van der Waals surface area contributed by atoms with E-state index in [0.717, 1.165) is 69.2 Å². The summed E-state index contributed by atoms with van der Waals surface area (Å²) in [6, 6.07) is 31.0. The zero-order valence-electron chi connectivity index (χ0n) is 66.3. The first-order valence-electron chi connectivity index (χ1n) is 39.4. The van der Waals surface area contributed by atoms with Crippen LogP contribution in [0.4, 0.5) is 24.5 Å². The Morgan fingerprint density at radius 3 is 2.22 bits per heavy atom. The van der Waals surface area contributed by atoms with Crippen molar-refractivity contribution in [2.24, 2.45) is 10.8 Å². The standard InChI is InChI=1S/C83H105ClF3N13O12S4/c1-56(58-18-20-60(21-19-58)76-57(2)89-55-114-76)90-79(105)72-46-67(101)51-100(72)80(106)77(81(3,4)5)92-75(103)16-11-8-12-43-112-52-65-50-99(95-93-65)35-13-17-74(102)88-54-82(6)34-32-70(59-22-26-63(84)27-23-59)62(48-82)49-97-37-39-98(40-38-97)66-28-24-61(25-29-66)78(104)94-116(109,110)69-30-31-71(73(47-69)115(107,108)83(85,86)87)91-64(33-36-96-41-44-111-45-42-96)53-113-68-14-9-7-10-15-68/h7,9-10,14-15,18-31,47,50,55-56,64,67,72,77,91,101H,8,11-13,16-17,32-46,48-49,51-54H2,1-6H3,(H,88,102)(H,90,105)(H,92,103)(H,94,104)/t56-,64+,67+,72-,77+,82?/m0/s1. The molecule has 5 aromatic carbocycles. The average molecular weight is 1700 g/mol. The molecule has 6 atom stereocenters. The van der Waals surface area contributed by atoms with Gasteiger partial charge in [-0.3, -0.25) is 38.5 Å². The monoisotopic (exact) mass is 1700 g/mol. The van der Waals surface area contributed by atoms with Crippen LogP contribution in [0, 0.1) is 17.8 Å². The largest absolute Gasteiger partial charge is 0.501 e. The van der Waals surface area contributed by atoms with E-state index in [1.807, 2.05) is 124 Å². The number of aliphatic hydroxyl groups excluding tert-OH is 1. The molecule has 5 heterocycles. The summed E-state index contributed by atoms with van der Waals surface area (Å²) in [5, 5.41) is 32.1. The molecule has 25 nitrogen and oxygen atoms in total. The summed E-state index contributed by atoms with van der Waals surface area (Å²) in [7, 11) is -11.0. The number of allylic oxidation sites excluding steroid dienone is 1. The number of nitrogens with one attached hydrogen (secondary N) is 5. The van der Waals surface area contributed by atoms with Gasteiger partial charge in [0.25, 0.3) is 25.8 Å². The number of amides is 5. The van der Waals surface area contributed by atoms with Gasteiger partial charge in [-0.05, 0) is 159 Å². The topological polar surface area (TPSA) is 309 Å². The van der Waals surface area contributed by atoms with Gasteiger partial charge >= 0.3 is 5.51 Å². The number of thioether (sulfide) groups is 1. The maximum absolute atomic E-state index is 14.4. The molecule has 3 aliphatic heterocycles. The Hall–Kier alpha value is -8.31. The van der Waals surface area contributed by atoms with E-state index in [2.05, 4.69) is 58.2 Å². The van der Waals surface area contributed by atoms with Crippen molar-refractivity contribution in [3.8, 4) is 10.4 Å². The predicted octanol–water partition coefficient (Wildman–Crippen LogP) is 11.9. The van der Waals surface area contributed by atoms with Gasteiger partial charge in [-0.2, -0.15) is 13.2 Å². The maximum Gasteiger partial charge on any atom is 0.501 e. The van der Waals surface area contributed by atoms with E-state index >= 15 is 0 Å². The highest BCUT2D eigenvalue weighted by Crippen LogP contribution is 2.44. The fourth-order valence-electron chi connectivity index (χ4n) is 15.0. The lowest BCUT2D eigenvalue weighted by Gasteiger charge is -2.41. The van der Waals surface area contributed by atoms with E-state index in [4.69, 9.17) is 21.1 Å². The first kappa shape index (κ1) is 88.5. The van der Waals surface area contributed by atoms with Gasteiger partial charge in [-0.15, -0.1) is 28.2 Å². The molecule has 1 unspecified atom stereocenters. The number of benzene rings is 5. The molecule has 626 valence electrons. The summed E-state index contributed by atoms with van der Waals surface area (Å²) in [6.45, 7) is 19.4. The lowest BCUT2D eigenvalue weighted by molar-refractivity contribution is -0.144. The number of thiazole rings is 1. The van der Waals surface area contributed by atoms with Crippen molar-refractivity contribution in [2.45, 2.75) is 176 Å². The minimum absolute atomic E-state index is 0.0232. The van der Waals surface area contributed by atoms with Gasteiger partial charge < -0.3 is 45.6 Å². The second-order valence-corrected chi connectivity index (χ2v) is 37.7. The minimum atomic E-state index is -6.12. The normalized spacial score (nSPS) is 18.8. The van der Waals surface area contributed by atoms with Crippen molar-refractivity contribution in [3.05, 3.63) is 172 Å². The summed E-state index contributed by atoms with van der Waals surface area (Å²) in [4.78, 5) is 80.7. The molecule has 5 amide bonds. The number of aliphatic hydroxyl groups is 1. The van der Waals surface area contributed by atoms with Crippen molar-refractivity contribution in [1.29, 1.82) is 0 Å². The zero-order valence-corrected chi connectivity index (χ0v) is 70.4. The van der Waals surface area contributed by atoms with Crippen LogP contribution in [0.5, 0.6) is 0 Å². The molecule has 0 bridgehead atoms. The number of unbranched alkanes of at least 4 members (excludes halogenated alkanes) is 2. The number of piperazine rings is 1. The first-order valence-corrected chi connectivity index (χ1v) is 44.6. The third-order valence-electron chi connectivity index (χ3n) is 21.6. The van der Waals surface area contributed by atoms with Crippen LogP contribution in [-0.2, 0) is 61.7 Å². The third kappa shape index (κ3) is 24.2. The highest BCUT2D eigenvalue weighted by atomic mass is 35.5. The molecule has 6 N–H and O–H groups in total. The number of sulfone groups is 1. The van der Waals surface area contributed by atoms with Gasteiger partial charge in [-0.25, -0.2) is 26.5 Å². The average Bonchev–Trinajstić information content (AvgIpc) is 0.869. The van der Waals surface area contributed by atoms with Crippen LogP contribution in [0.1, 0.15) is 144 Å². The quantitative estimate of drug-likeness (QED) is 0.0157. The van der Waals surface area contributed by atoms with Crippen LogP contribution in [0.3, 0.4) is 0 Å². The number of hydrogen-bond donors (Lipinski definition) is 6. The zero-order chi connectivity index (χ0) is 83.0. The molecular weight excluding hydrogens is 1590 g/mol. The molecule has 11 rings (SSSR count). The van der Waals surface area contributed by atoms with Crippen LogP contribution in [-0.4, -0.2) is 207 Å². The number of aryl methyl sites for hydroxylation is 2. The van der Waals surface area contributed by atoms with Crippen molar-refractivity contribution in [3.63, 3.8) is 0 Å². The molecular formula is C83H105ClF3N13O12S4. The number of aromatic nitrogens is 4. The molecule has 3 fully saturated rings. The van der Waals surface area contributed by atoms with E-state index in [9.17, 15) is 59.1 Å². The van der Waals surface area contributed by atoms with Gasteiger partial charge in [-0.1, -0.05) is 111 Å². The van der Waals surface area contributed by atoms with Crippen molar-refractivity contribution in [1.82, 2.24) is 55.4 Å². The van der Waals surface area contributed by atoms with Crippen LogP contribution in [0.15, 0.2) is 153 Å². The van der Waals surface area contributed by atoms with Crippen molar-refractivity contribution < 1.29 is 68.6 Å². The number of halogens is 4. The second kappa shape index (κ2) is 40.0. The molecule has 0 saturated carbocycles. The van der Waals surface area contributed by atoms with Crippen LogP contribution in [0.2, 0.25) is 5.02 Å². The summed E-state index contributed by atoms with van der Waals surface area (Å²) >= 11 is 9.36. The molecule has 2 aromatic heterocycles. The van der Waals surface area contributed by atoms with Crippen LogP contribution in [0.25, 0.3) is 16.0 Å².